The minimum absolute atomic E-state index is 0.211. The highest BCUT2D eigenvalue weighted by atomic mass is 16.5. The first-order chi connectivity index (χ1) is 11.8. The number of hydrogen-bond acceptors (Lipinski definition) is 2. The first-order valence-electron chi connectivity index (χ1n) is 9.18. The molecule has 1 unspecified atom stereocenters. The molecular weight excluding hydrogens is 294 g/mol. The number of ether oxygens (including phenoxy) is 1. The highest BCUT2D eigenvalue weighted by Gasteiger charge is 2.07. The van der Waals surface area contributed by atoms with Crippen LogP contribution in [0, 0.1) is 0 Å². The summed E-state index contributed by atoms with van der Waals surface area (Å²) in [6, 6.07) is 17.8. The van der Waals surface area contributed by atoms with Crippen LogP contribution in [0.5, 0.6) is 0 Å². The highest BCUT2D eigenvalue weighted by molar-refractivity contribution is 5.64. The molecule has 2 N–H and O–H groups in total. The molecule has 0 saturated carbocycles. The Balaban J connectivity index is 1.97. The van der Waals surface area contributed by atoms with Gasteiger partial charge in [-0.25, -0.2) is 0 Å². The Bertz CT molecular complexity index is 574. The monoisotopic (exact) mass is 325 g/mol. The van der Waals surface area contributed by atoms with E-state index in [0.717, 1.165) is 12.8 Å². The molecular formula is C22H31NO. The molecule has 2 nitrogen and oxygen atoms in total. The van der Waals surface area contributed by atoms with Gasteiger partial charge in [-0.3, -0.25) is 0 Å². The lowest BCUT2D eigenvalue weighted by Crippen LogP contribution is -2.18. The molecule has 2 heteroatoms. The second-order valence-corrected chi connectivity index (χ2v) is 6.49. The number of hydrogen-bond donors (Lipinski definition) is 1. The summed E-state index contributed by atoms with van der Waals surface area (Å²) in [4.78, 5) is 0. The van der Waals surface area contributed by atoms with Crippen LogP contribution in [0.25, 0.3) is 11.1 Å². The van der Waals surface area contributed by atoms with Crippen molar-refractivity contribution in [3.63, 3.8) is 0 Å². The minimum Gasteiger partial charge on any atom is -0.381 e. The van der Waals surface area contributed by atoms with Gasteiger partial charge in [0.05, 0.1) is 6.10 Å². The minimum atomic E-state index is 0.211. The molecule has 0 heterocycles. The van der Waals surface area contributed by atoms with Gasteiger partial charge in [-0.2, -0.15) is 0 Å². The van der Waals surface area contributed by atoms with Crippen LogP contribution in [0.4, 0.5) is 0 Å². The van der Waals surface area contributed by atoms with E-state index >= 15 is 0 Å². The van der Waals surface area contributed by atoms with Gasteiger partial charge < -0.3 is 10.5 Å². The van der Waals surface area contributed by atoms with Crippen molar-refractivity contribution in [2.45, 2.75) is 51.6 Å². The van der Waals surface area contributed by atoms with Crippen LogP contribution < -0.4 is 5.73 Å². The van der Waals surface area contributed by atoms with Crippen LogP contribution in [-0.4, -0.2) is 19.8 Å². The number of unbranched alkanes of at least 4 members (excludes halogenated alkanes) is 2. The summed E-state index contributed by atoms with van der Waals surface area (Å²) in [5, 5.41) is 0. The van der Waals surface area contributed by atoms with E-state index in [1.54, 1.807) is 7.11 Å². The SMILES string of the molecule is CCCCCc1ccc(-c2ccc(CC(CCN)OC)cc2)cc1. The molecule has 0 radical (unpaired) electrons. The van der Waals surface area contributed by atoms with Crippen molar-refractivity contribution in [1.82, 2.24) is 0 Å². The van der Waals surface area contributed by atoms with Gasteiger partial charge in [0.2, 0.25) is 0 Å². The van der Waals surface area contributed by atoms with Crippen LogP contribution in [0.15, 0.2) is 48.5 Å². The lowest BCUT2D eigenvalue weighted by atomic mass is 9.99. The second kappa shape index (κ2) is 10.3. The highest BCUT2D eigenvalue weighted by Crippen LogP contribution is 2.22. The Morgan fingerprint density at radius 3 is 1.96 bits per heavy atom. The number of rotatable bonds is 10. The van der Waals surface area contributed by atoms with Crippen molar-refractivity contribution in [2.24, 2.45) is 5.73 Å². The van der Waals surface area contributed by atoms with E-state index < -0.39 is 0 Å². The van der Waals surface area contributed by atoms with Gasteiger partial charge in [0.15, 0.2) is 0 Å². The zero-order chi connectivity index (χ0) is 17.2. The fourth-order valence-electron chi connectivity index (χ4n) is 3.03. The van der Waals surface area contributed by atoms with E-state index in [2.05, 4.69) is 55.5 Å². The summed E-state index contributed by atoms with van der Waals surface area (Å²) >= 11 is 0. The standard InChI is InChI=1S/C22H31NO/c1-3-4-5-6-18-7-11-20(12-8-18)21-13-9-19(10-14-21)17-22(24-2)15-16-23/h7-14,22H,3-6,15-17,23H2,1-2H3. The fourth-order valence-corrected chi connectivity index (χ4v) is 3.03. The van der Waals surface area contributed by atoms with E-state index in [4.69, 9.17) is 10.5 Å². The number of methoxy groups -OCH3 is 1. The molecule has 0 aromatic heterocycles. The lowest BCUT2D eigenvalue weighted by Gasteiger charge is -2.14. The molecule has 0 saturated heterocycles. The molecule has 0 aliphatic carbocycles. The van der Waals surface area contributed by atoms with Crippen LogP contribution in [-0.2, 0) is 17.6 Å². The summed E-state index contributed by atoms with van der Waals surface area (Å²) < 4.78 is 5.48. The van der Waals surface area contributed by atoms with E-state index in [-0.39, 0.29) is 6.10 Å². The van der Waals surface area contributed by atoms with Gasteiger partial charge in [0.1, 0.15) is 0 Å². The molecule has 2 rings (SSSR count). The van der Waals surface area contributed by atoms with Crippen molar-refractivity contribution >= 4 is 0 Å². The lowest BCUT2D eigenvalue weighted by molar-refractivity contribution is 0.0976. The quantitative estimate of drug-likeness (QED) is 0.624. The van der Waals surface area contributed by atoms with Gasteiger partial charge >= 0.3 is 0 Å². The van der Waals surface area contributed by atoms with Crippen molar-refractivity contribution in [2.75, 3.05) is 13.7 Å². The molecule has 24 heavy (non-hydrogen) atoms. The molecule has 1 atom stereocenters. The van der Waals surface area contributed by atoms with Crippen LogP contribution in [0.3, 0.4) is 0 Å². The molecule has 2 aromatic carbocycles. The molecule has 0 aliphatic heterocycles. The van der Waals surface area contributed by atoms with Crippen LogP contribution >= 0.6 is 0 Å². The van der Waals surface area contributed by atoms with E-state index in [1.807, 2.05) is 0 Å². The maximum Gasteiger partial charge on any atom is 0.0623 e. The van der Waals surface area contributed by atoms with E-state index in [9.17, 15) is 0 Å². The predicted octanol–water partition coefficient (Wildman–Crippen LogP) is 4.99. The molecule has 0 amide bonds. The third-order valence-corrected chi connectivity index (χ3v) is 4.60. The Hall–Kier alpha value is -1.64. The molecule has 0 aliphatic rings. The third kappa shape index (κ3) is 5.77. The molecule has 130 valence electrons. The number of aryl methyl sites for hydroxylation is 1. The Morgan fingerprint density at radius 2 is 1.46 bits per heavy atom. The summed E-state index contributed by atoms with van der Waals surface area (Å²) in [6.45, 7) is 2.92. The van der Waals surface area contributed by atoms with Crippen molar-refractivity contribution in [1.29, 1.82) is 0 Å². The normalized spacial score (nSPS) is 12.3. The number of benzene rings is 2. The van der Waals surface area contributed by atoms with Gasteiger partial charge in [-0.15, -0.1) is 0 Å². The summed E-state index contributed by atoms with van der Waals surface area (Å²) in [6.07, 6.45) is 7.10. The number of nitrogens with two attached hydrogens (primary N) is 1. The summed E-state index contributed by atoms with van der Waals surface area (Å²) in [5.41, 5.74) is 10.9. The summed E-state index contributed by atoms with van der Waals surface area (Å²) in [7, 11) is 1.76. The predicted molar refractivity (Wildman–Crippen MR) is 103 cm³/mol. The molecule has 0 fully saturated rings. The second-order valence-electron chi connectivity index (χ2n) is 6.49. The third-order valence-electron chi connectivity index (χ3n) is 4.60. The van der Waals surface area contributed by atoms with Crippen molar-refractivity contribution in [3.8, 4) is 11.1 Å². The first-order valence-corrected chi connectivity index (χ1v) is 9.18. The van der Waals surface area contributed by atoms with Crippen LogP contribution in [0.2, 0.25) is 0 Å². The first kappa shape index (κ1) is 18.7. The van der Waals surface area contributed by atoms with E-state index in [1.165, 1.54) is 47.9 Å². The van der Waals surface area contributed by atoms with Gasteiger partial charge in [0.25, 0.3) is 0 Å². The molecule has 2 aromatic rings. The zero-order valence-electron chi connectivity index (χ0n) is 15.1. The topological polar surface area (TPSA) is 35.2 Å². The van der Waals surface area contributed by atoms with E-state index in [0.29, 0.717) is 6.54 Å². The Kier molecular flexibility index (Phi) is 8.00. The van der Waals surface area contributed by atoms with Crippen molar-refractivity contribution in [3.05, 3.63) is 59.7 Å². The Morgan fingerprint density at radius 1 is 0.875 bits per heavy atom. The summed E-state index contributed by atoms with van der Waals surface area (Å²) in [5.74, 6) is 0. The van der Waals surface area contributed by atoms with Gasteiger partial charge in [-0.1, -0.05) is 68.3 Å². The van der Waals surface area contributed by atoms with Gasteiger partial charge in [0, 0.05) is 7.11 Å². The van der Waals surface area contributed by atoms with Gasteiger partial charge in [-0.05, 0) is 54.5 Å². The Labute approximate surface area is 147 Å². The average Bonchev–Trinajstić information content (AvgIpc) is 2.63. The molecule has 0 spiro atoms. The van der Waals surface area contributed by atoms with Crippen LogP contribution in [0.1, 0.15) is 43.7 Å². The maximum atomic E-state index is 5.63. The van der Waals surface area contributed by atoms with Crippen molar-refractivity contribution < 1.29 is 4.74 Å². The largest absolute Gasteiger partial charge is 0.381 e. The average molecular weight is 325 g/mol. The smallest absolute Gasteiger partial charge is 0.0623 e. The molecule has 0 bridgehead atoms. The maximum absolute atomic E-state index is 5.63. The fraction of sp³-hybridized carbons (Fsp3) is 0.455. The zero-order valence-corrected chi connectivity index (χ0v) is 15.1.